The first-order chi connectivity index (χ1) is 9.37. The van der Waals surface area contributed by atoms with Crippen LogP contribution in [-0.4, -0.2) is 24.8 Å². The summed E-state index contributed by atoms with van der Waals surface area (Å²) in [5.74, 6) is 0.833. The lowest BCUT2D eigenvalue weighted by molar-refractivity contribution is -0.109. The Labute approximate surface area is 125 Å². The van der Waals surface area contributed by atoms with Gasteiger partial charge in [-0.15, -0.1) is 0 Å². The number of nitrogens with one attached hydrogen (secondary N) is 1. The Morgan fingerprint density at radius 1 is 1.00 bits per heavy atom. The van der Waals surface area contributed by atoms with Gasteiger partial charge in [-0.2, -0.15) is 0 Å². The maximum atomic E-state index is 6.20. The van der Waals surface area contributed by atoms with Gasteiger partial charge < -0.3 is 10.1 Å². The first-order valence-corrected chi connectivity index (χ1v) is 8.75. The summed E-state index contributed by atoms with van der Waals surface area (Å²) in [6.45, 7) is 11.9. The maximum Gasteiger partial charge on any atom is 0.0697 e. The van der Waals surface area contributed by atoms with Crippen LogP contribution < -0.4 is 5.32 Å². The van der Waals surface area contributed by atoms with Gasteiger partial charge in [0.1, 0.15) is 0 Å². The monoisotopic (exact) mass is 279 g/mol. The second-order valence-electron chi connectivity index (χ2n) is 8.69. The van der Waals surface area contributed by atoms with Crippen LogP contribution in [0.1, 0.15) is 72.6 Å². The Kier molecular flexibility index (Phi) is 3.70. The van der Waals surface area contributed by atoms with Crippen LogP contribution in [0.2, 0.25) is 0 Å². The van der Waals surface area contributed by atoms with Crippen molar-refractivity contribution >= 4 is 0 Å². The molecule has 1 aliphatic heterocycles. The van der Waals surface area contributed by atoms with Gasteiger partial charge in [0, 0.05) is 12.6 Å². The first kappa shape index (κ1) is 14.8. The Hall–Kier alpha value is -0.0800. The largest absolute Gasteiger partial charge is 0.375 e. The van der Waals surface area contributed by atoms with E-state index in [1.54, 1.807) is 0 Å². The number of ether oxygens (including phenoxy) is 1. The molecule has 116 valence electrons. The summed E-state index contributed by atoms with van der Waals surface area (Å²) in [4.78, 5) is 0. The molecule has 3 rings (SSSR count). The molecular formula is C18H33NO. The molecule has 1 unspecified atom stereocenters. The van der Waals surface area contributed by atoms with Crippen LogP contribution in [0, 0.1) is 16.7 Å². The van der Waals surface area contributed by atoms with Crippen molar-refractivity contribution in [1.29, 1.82) is 0 Å². The fourth-order valence-corrected chi connectivity index (χ4v) is 4.87. The van der Waals surface area contributed by atoms with E-state index in [-0.39, 0.29) is 5.60 Å². The van der Waals surface area contributed by atoms with Crippen molar-refractivity contribution in [2.75, 3.05) is 13.2 Å². The zero-order valence-corrected chi connectivity index (χ0v) is 13.9. The lowest BCUT2D eigenvalue weighted by atomic mass is 9.78. The molecular weight excluding hydrogens is 246 g/mol. The number of hydrogen-bond acceptors (Lipinski definition) is 2. The Morgan fingerprint density at radius 2 is 1.65 bits per heavy atom. The molecule has 1 N–H and O–H groups in total. The minimum atomic E-state index is 0.239. The van der Waals surface area contributed by atoms with Crippen LogP contribution in [0.25, 0.3) is 0 Å². The SMILES string of the molecule is CC1(C)C(CNC2CCOC3(CCCCC3)C2)C1(C)C. The summed E-state index contributed by atoms with van der Waals surface area (Å²) in [6.07, 6.45) is 9.20. The van der Waals surface area contributed by atoms with Gasteiger partial charge in [-0.1, -0.05) is 47.0 Å². The van der Waals surface area contributed by atoms with E-state index in [1.165, 1.54) is 51.5 Å². The van der Waals surface area contributed by atoms with Crippen molar-refractivity contribution in [3.05, 3.63) is 0 Å². The molecule has 0 bridgehead atoms. The van der Waals surface area contributed by atoms with Crippen molar-refractivity contribution in [1.82, 2.24) is 5.32 Å². The standard InChI is InChI=1S/C18H33NO/c1-16(2)15(17(16,3)4)13-19-14-8-11-20-18(12-14)9-6-5-7-10-18/h14-15,19H,5-13H2,1-4H3. The third kappa shape index (κ3) is 2.43. The second kappa shape index (κ2) is 4.98. The Bertz CT molecular complexity index is 335. The average Bonchev–Trinajstić information content (AvgIpc) is 2.78. The van der Waals surface area contributed by atoms with Crippen molar-refractivity contribution in [3.63, 3.8) is 0 Å². The highest BCUT2D eigenvalue weighted by atomic mass is 16.5. The zero-order valence-electron chi connectivity index (χ0n) is 13.9. The van der Waals surface area contributed by atoms with Gasteiger partial charge in [-0.3, -0.25) is 0 Å². The molecule has 2 heteroatoms. The van der Waals surface area contributed by atoms with Crippen LogP contribution in [-0.2, 0) is 4.74 Å². The quantitative estimate of drug-likeness (QED) is 0.838. The predicted molar refractivity (Wildman–Crippen MR) is 83.8 cm³/mol. The first-order valence-electron chi connectivity index (χ1n) is 8.75. The minimum absolute atomic E-state index is 0.239. The molecule has 1 spiro atoms. The molecule has 0 radical (unpaired) electrons. The summed E-state index contributed by atoms with van der Waals surface area (Å²) in [6, 6.07) is 0.689. The fourth-order valence-electron chi connectivity index (χ4n) is 4.87. The molecule has 2 nitrogen and oxygen atoms in total. The van der Waals surface area contributed by atoms with Gasteiger partial charge in [0.15, 0.2) is 0 Å². The summed E-state index contributed by atoms with van der Waals surface area (Å²) in [7, 11) is 0. The van der Waals surface area contributed by atoms with E-state index in [0.717, 1.165) is 12.5 Å². The maximum absolute atomic E-state index is 6.20. The smallest absolute Gasteiger partial charge is 0.0697 e. The van der Waals surface area contributed by atoms with Crippen LogP contribution >= 0.6 is 0 Å². The van der Waals surface area contributed by atoms with Crippen LogP contribution in [0.15, 0.2) is 0 Å². The topological polar surface area (TPSA) is 21.3 Å². The van der Waals surface area contributed by atoms with Gasteiger partial charge in [-0.25, -0.2) is 0 Å². The lowest BCUT2D eigenvalue weighted by Crippen LogP contribution is -2.48. The highest BCUT2D eigenvalue weighted by Gasteiger charge is 2.64. The molecule has 0 amide bonds. The second-order valence-corrected chi connectivity index (χ2v) is 8.69. The van der Waals surface area contributed by atoms with Crippen LogP contribution in [0.5, 0.6) is 0 Å². The van der Waals surface area contributed by atoms with Crippen molar-refractivity contribution in [2.45, 2.75) is 84.3 Å². The van der Waals surface area contributed by atoms with E-state index in [0.29, 0.717) is 16.9 Å². The van der Waals surface area contributed by atoms with E-state index in [9.17, 15) is 0 Å². The summed E-state index contributed by atoms with van der Waals surface area (Å²) in [5.41, 5.74) is 1.25. The molecule has 2 aliphatic carbocycles. The minimum Gasteiger partial charge on any atom is -0.375 e. The predicted octanol–water partition coefficient (Wildman–Crippen LogP) is 4.14. The molecule has 1 atom stereocenters. The van der Waals surface area contributed by atoms with E-state index in [4.69, 9.17) is 4.74 Å². The molecule has 3 fully saturated rings. The summed E-state index contributed by atoms with van der Waals surface area (Å²) >= 11 is 0. The van der Waals surface area contributed by atoms with E-state index >= 15 is 0 Å². The third-order valence-corrected chi connectivity index (χ3v) is 7.19. The molecule has 0 aromatic heterocycles. The highest BCUT2D eigenvalue weighted by molar-refractivity contribution is 5.13. The van der Waals surface area contributed by atoms with Gasteiger partial charge in [0.2, 0.25) is 0 Å². The molecule has 1 saturated heterocycles. The van der Waals surface area contributed by atoms with Gasteiger partial charge in [-0.05, 0) is 49.0 Å². The molecule has 0 aromatic rings. The molecule has 3 aliphatic rings. The van der Waals surface area contributed by atoms with Crippen LogP contribution in [0.3, 0.4) is 0 Å². The Balaban J connectivity index is 1.51. The molecule has 1 heterocycles. The molecule has 2 saturated carbocycles. The average molecular weight is 279 g/mol. The van der Waals surface area contributed by atoms with E-state index in [2.05, 4.69) is 33.0 Å². The molecule has 20 heavy (non-hydrogen) atoms. The Morgan fingerprint density at radius 3 is 2.25 bits per heavy atom. The summed E-state index contributed by atoms with van der Waals surface area (Å²) < 4.78 is 6.20. The van der Waals surface area contributed by atoms with Gasteiger partial charge >= 0.3 is 0 Å². The highest BCUT2D eigenvalue weighted by Crippen LogP contribution is 2.68. The summed E-state index contributed by atoms with van der Waals surface area (Å²) in [5, 5.41) is 3.89. The lowest BCUT2D eigenvalue weighted by Gasteiger charge is -2.43. The van der Waals surface area contributed by atoms with Crippen LogP contribution in [0.4, 0.5) is 0 Å². The third-order valence-electron chi connectivity index (χ3n) is 7.19. The van der Waals surface area contributed by atoms with Crippen molar-refractivity contribution < 1.29 is 4.74 Å². The van der Waals surface area contributed by atoms with E-state index in [1.807, 2.05) is 0 Å². The number of rotatable bonds is 3. The molecule has 0 aromatic carbocycles. The van der Waals surface area contributed by atoms with Crippen molar-refractivity contribution in [2.24, 2.45) is 16.7 Å². The normalized spacial score (nSPS) is 35.1. The van der Waals surface area contributed by atoms with Gasteiger partial charge in [0.05, 0.1) is 5.60 Å². The fraction of sp³-hybridized carbons (Fsp3) is 1.00. The number of hydrogen-bond donors (Lipinski definition) is 1. The zero-order chi connectivity index (χ0) is 14.4. The van der Waals surface area contributed by atoms with Gasteiger partial charge in [0.25, 0.3) is 0 Å². The van der Waals surface area contributed by atoms with E-state index < -0.39 is 0 Å². The van der Waals surface area contributed by atoms with Crippen molar-refractivity contribution in [3.8, 4) is 0 Å².